The number of halogens is 2. The molecule has 0 N–H and O–H groups in total. The van der Waals surface area contributed by atoms with Gasteiger partial charge in [-0.3, -0.25) is 0 Å². The molecule has 1 nitrogen and oxygen atoms in total. The Morgan fingerprint density at radius 2 is 1.82 bits per heavy atom. The summed E-state index contributed by atoms with van der Waals surface area (Å²) in [6.45, 7) is 4.00. The van der Waals surface area contributed by atoms with Gasteiger partial charge in [0.15, 0.2) is 0 Å². The van der Waals surface area contributed by atoms with E-state index in [0.29, 0.717) is 0 Å². The second kappa shape index (κ2) is 8.06. The number of hydrogen-bond acceptors (Lipinski definition) is 2. The van der Waals surface area contributed by atoms with Crippen molar-refractivity contribution >= 4 is 22.9 Å². The van der Waals surface area contributed by atoms with Crippen molar-refractivity contribution in [3.8, 4) is 10.4 Å². The van der Waals surface area contributed by atoms with Crippen LogP contribution in [0.3, 0.4) is 0 Å². The molecule has 3 aromatic rings. The Bertz CT molecular complexity index is 722. The number of pyridine rings is 1. The van der Waals surface area contributed by atoms with Crippen molar-refractivity contribution in [1.29, 1.82) is 0 Å². The maximum absolute atomic E-state index is 12.8. The summed E-state index contributed by atoms with van der Waals surface area (Å²) in [5.41, 5.74) is 2.04. The first-order chi connectivity index (χ1) is 10.7. The van der Waals surface area contributed by atoms with Gasteiger partial charge in [0, 0.05) is 33.0 Å². The van der Waals surface area contributed by atoms with Crippen molar-refractivity contribution in [2.75, 3.05) is 0 Å². The van der Waals surface area contributed by atoms with Crippen LogP contribution in [0.15, 0.2) is 54.7 Å². The van der Waals surface area contributed by atoms with Crippen LogP contribution in [-0.4, -0.2) is 4.98 Å². The normalized spacial score (nSPS) is 10.0. The van der Waals surface area contributed by atoms with Gasteiger partial charge in [-0.05, 0) is 35.9 Å². The molecular formula is C18H17ClFNS. The minimum atomic E-state index is -0.457. The van der Waals surface area contributed by atoms with Gasteiger partial charge in [0.2, 0.25) is 5.95 Å². The van der Waals surface area contributed by atoms with Crippen LogP contribution in [0.5, 0.6) is 0 Å². The maximum atomic E-state index is 12.8. The number of aromatic nitrogens is 1. The molecule has 0 aliphatic rings. The third kappa shape index (κ3) is 4.15. The summed E-state index contributed by atoms with van der Waals surface area (Å²) in [4.78, 5) is 5.98. The third-order valence-electron chi connectivity index (χ3n) is 3.00. The molecule has 1 aromatic carbocycles. The van der Waals surface area contributed by atoms with Crippen LogP contribution in [0.4, 0.5) is 4.39 Å². The summed E-state index contributed by atoms with van der Waals surface area (Å²) < 4.78 is 12.8. The lowest BCUT2D eigenvalue weighted by Gasteiger charge is -2.01. The SMILES string of the molecule is CC.Fc1ccc(-c2ccc(Cc3ccccc3Cl)s2)cn1. The number of hydrogen-bond donors (Lipinski definition) is 0. The fourth-order valence-corrected chi connectivity index (χ4v) is 3.20. The van der Waals surface area contributed by atoms with Crippen LogP contribution in [-0.2, 0) is 6.42 Å². The molecule has 4 heteroatoms. The molecule has 0 unspecified atom stereocenters. The molecule has 0 spiro atoms. The van der Waals surface area contributed by atoms with Gasteiger partial charge < -0.3 is 0 Å². The van der Waals surface area contributed by atoms with Crippen LogP contribution in [0.1, 0.15) is 24.3 Å². The predicted molar refractivity (Wildman–Crippen MR) is 93.1 cm³/mol. The summed E-state index contributed by atoms with van der Waals surface area (Å²) in [6.07, 6.45) is 2.36. The lowest BCUT2D eigenvalue weighted by atomic mass is 10.1. The minimum absolute atomic E-state index is 0.457. The van der Waals surface area contributed by atoms with Gasteiger partial charge in [0.1, 0.15) is 0 Å². The zero-order valence-corrected chi connectivity index (χ0v) is 14.1. The predicted octanol–water partition coefficient (Wildman–Crippen LogP) is 6.22. The van der Waals surface area contributed by atoms with E-state index in [0.717, 1.165) is 27.4 Å². The molecule has 22 heavy (non-hydrogen) atoms. The Labute approximate surface area is 139 Å². The van der Waals surface area contributed by atoms with Crippen LogP contribution in [0.2, 0.25) is 5.02 Å². The van der Waals surface area contributed by atoms with Crippen molar-refractivity contribution in [1.82, 2.24) is 4.98 Å². The van der Waals surface area contributed by atoms with Gasteiger partial charge in [-0.1, -0.05) is 43.6 Å². The van der Waals surface area contributed by atoms with Crippen molar-refractivity contribution < 1.29 is 4.39 Å². The second-order valence-electron chi connectivity index (χ2n) is 4.40. The summed E-state index contributed by atoms with van der Waals surface area (Å²) >= 11 is 7.84. The van der Waals surface area contributed by atoms with E-state index in [1.165, 1.54) is 10.9 Å². The van der Waals surface area contributed by atoms with Gasteiger partial charge in [-0.25, -0.2) is 4.98 Å². The Balaban J connectivity index is 0.000000847. The van der Waals surface area contributed by atoms with E-state index < -0.39 is 5.95 Å². The van der Waals surface area contributed by atoms with Gasteiger partial charge in [0.05, 0.1) is 0 Å². The molecule has 2 aromatic heterocycles. The Morgan fingerprint density at radius 3 is 2.50 bits per heavy atom. The highest BCUT2D eigenvalue weighted by atomic mass is 35.5. The maximum Gasteiger partial charge on any atom is 0.212 e. The molecule has 114 valence electrons. The van der Waals surface area contributed by atoms with Gasteiger partial charge in [-0.15, -0.1) is 11.3 Å². The zero-order chi connectivity index (χ0) is 15.9. The Kier molecular flexibility index (Phi) is 6.10. The molecule has 0 aliphatic carbocycles. The van der Waals surface area contributed by atoms with E-state index in [1.54, 1.807) is 23.6 Å². The molecule has 0 aliphatic heterocycles. The molecule has 0 saturated carbocycles. The van der Waals surface area contributed by atoms with E-state index >= 15 is 0 Å². The monoisotopic (exact) mass is 333 g/mol. The molecule has 3 rings (SSSR count). The Hall–Kier alpha value is -1.71. The lowest BCUT2D eigenvalue weighted by Crippen LogP contribution is -1.84. The van der Waals surface area contributed by atoms with Crippen LogP contribution in [0, 0.1) is 5.95 Å². The van der Waals surface area contributed by atoms with Gasteiger partial charge in [0.25, 0.3) is 0 Å². The quantitative estimate of drug-likeness (QED) is 0.518. The van der Waals surface area contributed by atoms with E-state index in [-0.39, 0.29) is 0 Å². The highest BCUT2D eigenvalue weighted by Gasteiger charge is 2.06. The highest BCUT2D eigenvalue weighted by Crippen LogP contribution is 2.30. The summed E-state index contributed by atoms with van der Waals surface area (Å²) in [5.74, 6) is -0.457. The highest BCUT2D eigenvalue weighted by molar-refractivity contribution is 7.15. The first-order valence-corrected chi connectivity index (χ1v) is 8.36. The van der Waals surface area contributed by atoms with Crippen LogP contribution >= 0.6 is 22.9 Å². The van der Waals surface area contributed by atoms with Crippen molar-refractivity contribution in [3.63, 3.8) is 0 Å². The molecular weight excluding hydrogens is 317 g/mol. The van der Waals surface area contributed by atoms with E-state index in [4.69, 9.17) is 11.6 Å². The van der Waals surface area contributed by atoms with Crippen LogP contribution in [0.25, 0.3) is 10.4 Å². The summed E-state index contributed by atoms with van der Waals surface area (Å²) in [5, 5.41) is 0.783. The lowest BCUT2D eigenvalue weighted by molar-refractivity contribution is 0.584. The summed E-state index contributed by atoms with van der Waals surface area (Å²) in [6, 6.07) is 15.1. The van der Waals surface area contributed by atoms with Crippen LogP contribution < -0.4 is 0 Å². The van der Waals surface area contributed by atoms with Crippen molar-refractivity contribution in [3.05, 3.63) is 76.1 Å². The smallest absolute Gasteiger partial charge is 0.212 e. The van der Waals surface area contributed by atoms with Crippen molar-refractivity contribution in [2.24, 2.45) is 0 Å². The number of rotatable bonds is 3. The molecule has 2 heterocycles. The molecule has 0 atom stereocenters. The largest absolute Gasteiger partial charge is 0.228 e. The van der Waals surface area contributed by atoms with E-state index in [2.05, 4.69) is 11.1 Å². The third-order valence-corrected chi connectivity index (χ3v) is 4.50. The van der Waals surface area contributed by atoms with E-state index in [1.807, 2.05) is 44.2 Å². The fraction of sp³-hybridized carbons (Fsp3) is 0.167. The van der Waals surface area contributed by atoms with E-state index in [9.17, 15) is 4.39 Å². The van der Waals surface area contributed by atoms with Gasteiger partial charge >= 0.3 is 0 Å². The van der Waals surface area contributed by atoms with Gasteiger partial charge in [-0.2, -0.15) is 4.39 Å². The molecule has 0 radical (unpaired) electrons. The molecule has 0 amide bonds. The number of nitrogens with zero attached hydrogens (tertiary/aromatic N) is 1. The summed E-state index contributed by atoms with van der Waals surface area (Å²) in [7, 11) is 0. The molecule has 0 bridgehead atoms. The number of benzene rings is 1. The second-order valence-corrected chi connectivity index (χ2v) is 5.98. The van der Waals surface area contributed by atoms with Crippen molar-refractivity contribution in [2.45, 2.75) is 20.3 Å². The first kappa shape index (κ1) is 16.7. The average Bonchev–Trinajstić information content (AvgIpc) is 3.01. The first-order valence-electron chi connectivity index (χ1n) is 7.16. The molecule has 0 fully saturated rings. The standard InChI is InChI=1S/C16H11ClFNS.C2H6/c17-14-4-2-1-3-11(14)9-13-6-7-15(20-13)12-5-8-16(18)19-10-12;1-2/h1-8,10H,9H2;1-2H3. The average molecular weight is 334 g/mol. The minimum Gasteiger partial charge on any atom is -0.228 e. The topological polar surface area (TPSA) is 12.9 Å². The fourth-order valence-electron chi connectivity index (χ4n) is 1.98. The number of thiophene rings is 1. The molecule has 0 saturated heterocycles. The zero-order valence-electron chi connectivity index (χ0n) is 12.5. The Morgan fingerprint density at radius 1 is 1.05 bits per heavy atom.